The minimum Gasteiger partial charge on any atom is -0.398 e. The third-order valence-corrected chi connectivity index (χ3v) is 10.4. The van der Waals surface area contributed by atoms with Gasteiger partial charge in [-0.1, -0.05) is 115 Å². The van der Waals surface area contributed by atoms with Crippen molar-refractivity contribution in [1.29, 1.82) is 0 Å². The average Bonchev–Trinajstić information content (AvgIpc) is 3.66. The summed E-state index contributed by atoms with van der Waals surface area (Å²) in [6.07, 6.45) is 10.8. The Hall–Kier alpha value is -6.06. The van der Waals surface area contributed by atoms with E-state index >= 15 is 0 Å². The zero-order chi connectivity index (χ0) is 31.8. The number of benzene rings is 7. The molecule has 9 aromatic rings. The molecule has 4 bridgehead atoms. The van der Waals surface area contributed by atoms with Crippen LogP contribution in [-0.2, 0) is 0 Å². The van der Waals surface area contributed by atoms with Crippen LogP contribution in [0.25, 0.3) is 76.5 Å². The second-order valence-electron chi connectivity index (χ2n) is 13.1. The summed E-state index contributed by atoms with van der Waals surface area (Å²) >= 11 is 0. The highest BCUT2D eigenvalue weighted by molar-refractivity contribution is 6.30. The number of aromatic nitrogens is 2. The van der Waals surface area contributed by atoms with Gasteiger partial charge in [0.25, 0.3) is 0 Å². The van der Waals surface area contributed by atoms with E-state index < -0.39 is 0 Å². The Bertz CT molecular complexity index is 2770. The molecule has 3 nitrogen and oxygen atoms in total. The molecule has 0 aliphatic heterocycles. The van der Waals surface area contributed by atoms with Crippen LogP contribution in [0.3, 0.4) is 0 Å². The number of nitrogens with two attached hydrogens (primary N) is 1. The maximum atomic E-state index is 6.49. The van der Waals surface area contributed by atoms with Gasteiger partial charge in [-0.05, 0) is 83.1 Å². The van der Waals surface area contributed by atoms with Crippen LogP contribution in [0.5, 0.6) is 0 Å². The molecule has 1 unspecified atom stereocenters. The molecule has 0 spiro atoms. The Labute approximate surface area is 278 Å². The Kier molecular flexibility index (Phi) is 5.91. The van der Waals surface area contributed by atoms with Gasteiger partial charge in [-0.2, -0.15) is 0 Å². The summed E-state index contributed by atoms with van der Waals surface area (Å²) in [5.41, 5.74) is 16.0. The van der Waals surface area contributed by atoms with Crippen LogP contribution in [0.1, 0.15) is 24.4 Å². The Morgan fingerprint density at radius 2 is 1.29 bits per heavy atom. The van der Waals surface area contributed by atoms with E-state index in [0.29, 0.717) is 0 Å². The van der Waals surface area contributed by atoms with Crippen molar-refractivity contribution in [3.63, 3.8) is 0 Å². The molecule has 2 N–H and O–H groups in total. The fourth-order valence-corrected chi connectivity index (χ4v) is 8.22. The van der Waals surface area contributed by atoms with Gasteiger partial charge in [0.1, 0.15) is 0 Å². The van der Waals surface area contributed by atoms with Gasteiger partial charge in [0.2, 0.25) is 0 Å². The molecule has 48 heavy (non-hydrogen) atoms. The van der Waals surface area contributed by atoms with E-state index in [1.807, 2.05) is 18.2 Å². The highest BCUT2D eigenvalue weighted by atomic mass is 15.0. The first kappa shape index (κ1) is 27.1. The first-order valence-electron chi connectivity index (χ1n) is 16.8. The molecule has 1 aliphatic carbocycles. The fourth-order valence-electron chi connectivity index (χ4n) is 8.22. The van der Waals surface area contributed by atoms with Crippen molar-refractivity contribution >= 4 is 70.9 Å². The van der Waals surface area contributed by atoms with E-state index in [1.54, 1.807) is 0 Å². The molecular formula is C45H33N3. The molecule has 1 aliphatic rings. The molecule has 0 saturated carbocycles. The van der Waals surface area contributed by atoms with E-state index in [2.05, 4.69) is 149 Å². The van der Waals surface area contributed by atoms with Gasteiger partial charge >= 0.3 is 0 Å². The van der Waals surface area contributed by atoms with Crippen LogP contribution in [0.15, 0.2) is 163 Å². The molecule has 10 rings (SSSR count). The van der Waals surface area contributed by atoms with E-state index in [9.17, 15) is 0 Å². The van der Waals surface area contributed by atoms with Crippen molar-refractivity contribution < 1.29 is 0 Å². The van der Waals surface area contributed by atoms with Crippen molar-refractivity contribution in [2.45, 2.75) is 18.9 Å². The topological polar surface area (TPSA) is 35.9 Å². The van der Waals surface area contributed by atoms with E-state index in [4.69, 9.17) is 5.73 Å². The highest BCUT2D eigenvalue weighted by Gasteiger charge is 2.23. The number of nitrogens with zero attached hydrogens (tertiary/aromatic N) is 2. The van der Waals surface area contributed by atoms with E-state index in [0.717, 1.165) is 24.1 Å². The summed E-state index contributed by atoms with van der Waals surface area (Å²) in [7, 11) is 0. The summed E-state index contributed by atoms with van der Waals surface area (Å²) in [6, 6.07) is 48.7. The average molecular weight is 616 g/mol. The lowest BCUT2D eigenvalue weighted by atomic mass is 9.94. The molecule has 0 saturated heterocycles. The van der Waals surface area contributed by atoms with Crippen molar-refractivity contribution in [2.75, 3.05) is 0 Å². The quantitative estimate of drug-likeness (QED) is 0.205. The molecule has 3 heteroatoms. The number of para-hydroxylation sites is 3. The van der Waals surface area contributed by atoms with Crippen LogP contribution in [0.2, 0.25) is 0 Å². The van der Waals surface area contributed by atoms with E-state index in [-0.39, 0.29) is 6.04 Å². The van der Waals surface area contributed by atoms with Crippen LogP contribution in [0, 0.1) is 0 Å². The van der Waals surface area contributed by atoms with Crippen molar-refractivity contribution in [3.8, 4) is 5.69 Å². The number of fused-ring (bicyclic) bond motifs is 14. The lowest BCUT2D eigenvalue weighted by Gasteiger charge is -2.22. The summed E-state index contributed by atoms with van der Waals surface area (Å²) in [5.74, 6) is 0. The molecule has 228 valence electrons. The van der Waals surface area contributed by atoms with Gasteiger partial charge in [-0.25, -0.2) is 0 Å². The summed E-state index contributed by atoms with van der Waals surface area (Å²) in [6.45, 7) is 0. The fraction of sp³-hybridized carbons (Fsp3) is 0.0667. The Balaban J connectivity index is 1.20. The van der Waals surface area contributed by atoms with Crippen molar-refractivity contribution in [1.82, 2.24) is 9.13 Å². The molecule has 0 amide bonds. The Morgan fingerprint density at radius 1 is 0.646 bits per heavy atom. The molecule has 7 aromatic carbocycles. The molecule has 0 radical (unpaired) electrons. The molecular weight excluding hydrogens is 583 g/mol. The van der Waals surface area contributed by atoms with Gasteiger partial charge in [0, 0.05) is 43.8 Å². The SMILES string of the molecule is N/C(=C\CC1=CC=CC(n2c3ccccc3c3c4cc(cc32)c2cc4c3c(c2)c2ccccc2n3-c2ccccc2)C1)c1ccccc1. The number of allylic oxidation sites excluding steroid dienone is 5. The lowest BCUT2D eigenvalue weighted by Crippen LogP contribution is -2.10. The van der Waals surface area contributed by atoms with Gasteiger partial charge in [0.15, 0.2) is 0 Å². The summed E-state index contributed by atoms with van der Waals surface area (Å²) in [4.78, 5) is 0. The normalized spacial score (nSPS) is 15.5. The minimum absolute atomic E-state index is 0.204. The first-order valence-corrected chi connectivity index (χ1v) is 16.8. The zero-order valence-corrected chi connectivity index (χ0v) is 26.5. The number of hydrogen-bond donors (Lipinski definition) is 1. The molecule has 0 fully saturated rings. The van der Waals surface area contributed by atoms with Crippen molar-refractivity contribution in [3.05, 3.63) is 169 Å². The third-order valence-electron chi connectivity index (χ3n) is 10.4. The lowest BCUT2D eigenvalue weighted by molar-refractivity contribution is 0.623. The summed E-state index contributed by atoms with van der Waals surface area (Å²) in [5, 5.41) is 10.4. The zero-order valence-electron chi connectivity index (χ0n) is 26.5. The third kappa shape index (κ3) is 4.01. The predicted molar refractivity (Wildman–Crippen MR) is 204 cm³/mol. The van der Waals surface area contributed by atoms with Crippen LogP contribution < -0.4 is 5.73 Å². The predicted octanol–water partition coefficient (Wildman–Crippen LogP) is 11.5. The molecule has 2 aromatic heterocycles. The highest BCUT2D eigenvalue weighted by Crippen LogP contribution is 2.45. The smallest absolute Gasteiger partial charge is 0.0620 e. The maximum absolute atomic E-state index is 6.49. The van der Waals surface area contributed by atoms with Gasteiger partial charge in [0.05, 0.1) is 22.6 Å². The van der Waals surface area contributed by atoms with Gasteiger partial charge in [-0.3, -0.25) is 0 Å². The van der Waals surface area contributed by atoms with Crippen LogP contribution >= 0.6 is 0 Å². The number of rotatable bonds is 5. The molecule has 1 atom stereocenters. The standard InChI is InChI=1S/C45H33N3/c46-40(30-13-3-1-4-14-30)23-22-29-12-11-17-34(24-29)47-42-21-10-8-19-36(42)44-37-25-32(28-43(44)47)31-26-38-35-18-7-9-20-41(35)48(45(38)39(37)27-31)33-15-5-2-6-16-33/h1-21,23,25-28,34H,22,24,46H2/b40-23-. The minimum atomic E-state index is 0.204. The monoisotopic (exact) mass is 615 g/mol. The largest absolute Gasteiger partial charge is 0.398 e. The van der Waals surface area contributed by atoms with Crippen LogP contribution in [-0.4, -0.2) is 9.13 Å². The second-order valence-corrected chi connectivity index (χ2v) is 13.1. The summed E-state index contributed by atoms with van der Waals surface area (Å²) < 4.78 is 5.05. The second kappa shape index (κ2) is 10.5. The van der Waals surface area contributed by atoms with Crippen LogP contribution in [0.4, 0.5) is 0 Å². The Morgan fingerprint density at radius 3 is 2.10 bits per heavy atom. The maximum Gasteiger partial charge on any atom is 0.0620 e. The van der Waals surface area contributed by atoms with Crippen molar-refractivity contribution in [2.24, 2.45) is 5.73 Å². The van der Waals surface area contributed by atoms with Gasteiger partial charge < -0.3 is 14.9 Å². The molecule has 2 heterocycles. The van der Waals surface area contributed by atoms with E-state index in [1.165, 1.54) is 76.4 Å². The van der Waals surface area contributed by atoms with Gasteiger partial charge in [-0.15, -0.1) is 0 Å². The number of hydrogen-bond acceptors (Lipinski definition) is 1. The first-order chi connectivity index (χ1) is 23.7.